The average Bonchev–Trinajstić information content (AvgIpc) is 2.61. The first kappa shape index (κ1) is 11.7. The van der Waals surface area contributed by atoms with Gasteiger partial charge in [-0.3, -0.25) is 0 Å². The number of carbonyl (C=O) groups excluding carboxylic acids is 1. The molecule has 1 amide bonds. The van der Waals surface area contributed by atoms with Crippen molar-refractivity contribution in [3.05, 3.63) is 0 Å². The average molecular weight is 226 g/mol. The van der Waals surface area contributed by atoms with Crippen LogP contribution in [0.5, 0.6) is 0 Å². The van der Waals surface area contributed by atoms with Gasteiger partial charge in [-0.05, 0) is 40.0 Å². The van der Waals surface area contributed by atoms with E-state index in [0.717, 1.165) is 19.5 Å². The number of carbonyl (C=O) groups is 1. The Morgan fingerprint density at radius 3 is 2.81 bits per heavy atom. The van der Waals surface area contributed by atoms with Gasteiger partial charge in [0.15, 0.2) is 0 Å². The van der Waals surface area contributed by atoms with Crippen molar-refractivity contribution < 1.29 is 9.53 Å². The zero-order valence-corrected chi connectivity index (χ0v) is 10.5. The summed E-state index contributed by atoms with van der Waals surface area (Å²) in [5.41, 5.74) is -0.393. The highest BCUT2D eigenvalue weighted by Crippen LogP contribution is 2.27. The standard InChI is InChI=1S/C12H22N2O2/c1-12(2,3)16-11(15)14-8-7-13-9-5-4-6-10(9)14/h9-10,13H,4-8H2,1-3H3/t9-,10-/m0/s1. The highest BCUT2D eigenvalue weighted by molar-refractivity contribution is 5.69. The topological polar surface area (TPSA) is 41.6 Å². The molecular weight excluding hydrogens is 204 g/mol. The highest BCUT2D eigenvalue weighted by Gasteiger charge is 2.38. The lowest BCUT2D eigenvalue weighted by Gasteiger charge is -2.39. The van der Waals surface area contributed by atoms with Gasteiger partial charge in [0.2, 0.25) is 0 Å². The molecule has 4 heteroatoms. The minimum absolute atomic E-state index is 0.147. The molecule has 1 heterocycles. The second-order valence-corrected chi connectivity index (χ2v) is 5.73. The van der Waals surface area contributed by atoms with Crippen LogP contribution in [0.25, 0.3) is 0 Å². The maximum absolute atomic E-state index is 12.0. The molecule has 1 saturated carbocycles. The summed E-state index contributed by atoms with van der Waals surface area (Å²) in [5.74, 6) is 0. The SMILES string of the molecule is CC(C)(C)OC(=O)N1CCN[C@H]2CCC[C@@H]21. The molecule has 0 spiro atoms. The minimum Gasteiger partial charge on any atom is -0.444 e. The molecule has 1 aliphatic heterocycles. The molecule has 0 radical (unpaired) electrons. The van der Waals surface area contributed by atoms with Gasteiger partial charge in [-0.2, -0.15) is 0 Å². The van der Waals surface area contributed by atoms with Crippen molar-refractivity contribution in [1.82, 2.24) is 10.2 Å². The van der Waals surface area contributed by atoms with Crippen LogP contribution in [0.3, 0.4) is 0 Å². The molecule has 4 nitrogen and oxygen atoms in total. The molecule has 0 aromatic heterocycles. The van der Waals surface area contributed by atoms with Gasteiger partial charge in [0.1, 0.15) is 5.60 Å². The molecule has 2 rings (SSSR count). The first-order chi connectivity index (χ1) is 7.47. The summed E-state index contributed by atoms with van der Waals surface area (Å²) in [6.07, 6.45) is 3.36. The van der Waals surface area contributed by atoms with Gasteiger partial charge >= 0.3 is 6.09 Å². The van der Waals surface area contributed by atoms with Gasteiger partial charge in [0.25, 0.3) is 0 Å². The summed E-state index contributed by atoms with van der Waals surface area (Å²) < 4.78 is 5.44. The third kappa shape index (κ3) is 2.48. The number of amides is 1. The van der Waals surface area contributed by atoms with Crippen LogP contribution < -0.4 is 5.32 Å². The van der Waals surface area contributed by atoms with Gasteiger partial charge in [-0.25, -0.2) is 4.79 Å². The molecule has 0 unspecified atom stereocenters. The lowest BCUT2D eigenvalue weighted by molar-refractivity contribution is 0.00882. The fourth-order valence-electron chi connectivity index (χ4n) is 2.64. The predicted molar refractivity (Wildman–Crippen MR) is 62.4 cm³/mol. The summed E-state index contributed by atoms with van der Waals surface area (Å²) in [6, 6.07) is 0.838. The van der Waals surface area contributed by atoms with Crippen LogP contribution in [-0.4, -0.2) is 41.8 Å². The van der Waals surface area contributed by atoms with E-state index in [4.69, 9.17) is 4.74 Å². The van der Waals surface area contributed by atoms with Crippen molar-refractivity contribution in [2.24, 2.45) is 0 Å². The molecule has 92 valence electrons. The van der Waals surface area contributed by atoms with Crippen LogP contribution in [0, 0.1) is 0 Å². The summed E-state index contributed by atoms with van der Waals surface area (Å²) in [4.78, 5) is 13.9. The number of piperazine rings is 1. The Morgan fingerprint density at radius 2 is 2.12 bits per heavy atom. The third-order valence-electron chi connectivity index (χ3n) is 3.27. The maximum Gasteiger partial charge on any atom is 0.410 e. The quantitative estimate of drug-likeness (QED) is 0.684. The van der Waals surface area contributed by atoms with E-state index >= 15 is 0 Å². The number of ether oxygens (including phenoxy) is 1. The van der Waals surface area contributed by atoms with Gasteiger partial charge < -0.3 is 15.0 Å². The molecular formula is C12H22N2O2. The largest absolute Gasteiger partial charge is 0.444 e. The Bertz CT molecular complexity index is 273. The van der Waals surface area contributed by atoms with E-state index in [1.807, 2.05) is 25.7 Å². The van der Waals surface area contributed by atoms with Crippen LogP contribution >= 0.6 is 0 Å². The monoisotopic (exact) mass is 226 g/mol. The van der Waals surface area contributed by atoms with Crippen molar-refractivity contribution in [3.63, 3.8) is 0 Å². The smallest absolute Gasteiger partial charge is 0.410 e. The molecule has 16 heavy (non-hydrogen) atoms. The first-order valence-electron chi connectivity index (χ1n) is 6.20. The number of nitrogens with one attached hydrogen (secondary N) is 1. The molecule has 2 atom stereocenters. The van der Waals surface area contributed by atoms with Crippen molar-refractivity contribution in [3.8, 4) is 0 Å². The Balaban J connectivity index is 2.00. The summed E-state index contributed by atoms with van der Waals surface area (Å²) in [5, 5.41) is 3.48. The van der Waals surface area contributed by atoms with E-state index in [2.05, 4.69) is 5.32 Å². The maximum atomic E-state index is 12.0. The van der Waals surface area contributed by atoms with E-state index in [9.17, 15) is 4.79 Å². The van der Waals surface area contributed by atoms with Gasteiger partial charge in [0.05, 0.1) is 6.04 Å². The van der Waals surface area contributed by atoms with Crippen LogP contribution in [0.1, 0.15) is 40.0 Å². The lowest BCUT2D eigenvalue weighted by Crippen LogP contribution is -2.57. The van der Waals surface area contributed by atoms with E-state index in [-0.39, 0.29) is 6.09 Å². The zero-order valence-electron chi connectivity index (χ0n) is 10.5. The third-order valence-corrected chi connectivity index (χ3v) is 3.27. The van der Waals surface area contributed by atoms with Crippen molar-refractivity contribution in [2.75, 3.05) is 13.1 Å². The molecule has 1 saturated heterocycles. The Labute approximate surface area is 97.3 Å². The Morgan fingerprint density at radius 1 is 1.38 bits per heavy atom. The van der Waals surface area contributed by atoms with E-state index in [0.29, 0.717) is 12.1 Å². The molecule has 0 aromatic carbocycles. The zero-order chi connectivity index (χ0) is 11.8. The number of nitrogens with zero attached hydrogens (tertiary/aromatic N) is 1. The number of fused-ring (bicyclic) bond motifs is 1. The number of rotatable bonds is 0. The van der Waals surface area contributed by atoms with E-state index in [1.165, 1.54) is 12.8 Å². The highest BCUT2D eigenvalue weighted by atomic mass is 16.6. The summed E-state index contributed by atoms with van der Waals surface area (Å²) in [7, 11) is 0. The van der Waals surface area contributed by atoms with Gasteiger partial charge in [-0.1, -0.05) is 0 Å². The Kier molecular flexibility index (Phi) is 3.10. The predicted octanol–water partition coefficient (Wildman–Crippen LogP) is 1.75. The fraction of sp³-hybridized carbons (Fsp3) is 0.917. The summed E-state index contributed by atoms with van der Waals surface area (Å²) >= 11 is 0. The van der Waals surface area contributed by atoms with Gasteiger partial charge in [0, 0.05) is 19.1 Å². The lowest BCUT2D eigenvalue weighted by atomic mass is 10.1. The molecule has 2 aliphatic rings. The van der Waals surface area contributed by atoms with Crippen molar-refractivity contribution in [2.45, 2.75) is 57.7 Å². The normalized spacial score (nSPS) is 30.1. The van der Waals surface area contributed by atoms with E-state index in [1.54, 1.807) is 0 Å². The van der Waals surface area contributed by atoms with Crippen LogP contribution in [0.2, 0.25) is 0 Å². The van der Waals surface area contributed by atoms with E-state index < -0.39 is 5.60 Å². The van der Waals surface area contributed by atoms with Crippen molar-refractivity contribution in [1.29, 1.82) is 0 Å². The van der Waals surface area contributed by atoms with Crippen molar-refractivity contribution >= 4 is 6.09 Å². The van der Waals surface area contributed by atoms with Crippen LogP contribution in [-0.2, 0) is 4.74 Å². The molecule has 0 aromatic rings. The molecule has 0 bridgehead atoms. The molecule has 2 fully saturated rings. The fourth-order valence-corrected chi connectivity index (χ4v) is 2.64. The minimum atomic E-state index is -0.393. The van der Waals surface area contributed by atoms with Crippen LogP contribution in [0.15, 0.2) is 0 Å². The molecule has 1 N–H and O–H groups in total. The molecule has 1 aliphatic carbocycles. The number of hydrogen-bond donors (Lipinski definition) is 1. The summed E-state index contributed by atoms with van der Waals surface area (Å²) in [6.45, 7) is 7.41. The first-order valence-corrected chi connectivity index (χ1v) is 6.20. The van der Waals surface area contributed by atoms with Crippen LogP contribution in [0.4, 0.5) is 4.79 Å². The number of hydrogen-bond acceptors (Lipinski definition) is 3. The Hall–Kier alpha value is -0.770. The second kappa shape index (κ2) is 4.24. The van der Waals surface area contributed by atoms with Gasteiger partial charge in [-0.15, -0.1) is 0 Å². The second-order valence-electron chi connectivity index (χ2n) is 5.73.